The van der Waals surface area contributed by atoms with Crippen molar-refractivity contribution in [3.63, 3.8) is 0 Å². The van der Waals surface area contributed by atoms with Crippen molar-refractivity contribution >= 4 is 21.8 Å². The lowest BCUT2D eigenvalue weighted by Crippen LogP contribution is -2.12. The Hall–Kier alpha value is -1.80. The summed E-state index contributed by atoms with van der Waals surface area (Å²) in [6.07, 6.45) is 2.55. The molecule has 0 spiro atoms. The topological polar surface area (TPSA) is 17.0 Å². The van der Waals surface area contributed by atoms with E-state index in [0.717, 1.165) is 13.1 Å². The number of aromatic nitrogens is 1. The molecule has 2 aromatic carbocycles. The highest BCUT2D eigenvalue weighted by Gasteiger charge is 2.17. The molecule has 0 saturated carbocycles. The van der Waals surface area contributed by atoms with Crippen LogP contribution in [0.3, 0.4) is 0 Å². The molecule has 3 aromatic rings. The van der Waals surface area contributed by atoms with E-state index in [-0.39, 0.29) is 0 Å². The van der Waals surface area contributed by atoms with Gasteiger partial charge in [-0.2, -0.15) is 0 Å². The zero-order valence-electron chi connectivity index (χ0n) is 11.9. The van der Waals surface area contributed by atoms with Gasteiger partial charge in [-0.15, -0.1) is 0 Å². The molecule has 102 valence electrons. The first-order valence-electron chi connectivity index (χ1n) is 7.63. The Morgan fingerprint density at radius 3 is 2.75 bits per heavy atom. The van der Waals surface area contributed by atoms with Gasteiger partial charge in [0.2, 0.25) is 0 Å². The van der Waals surface area contributed by atoms with E-state index in [0.29, 0.717) is 6.04 Å². The third-order valence-electron chi connectivity index (χ3n) is 4.58. The lowest BCUT2D eigenvalue weighted by Gasteiger charge is -2.11. The molecule has 2 heterocycles. The largest absolute Gasteiger partial charge is 0.341 e. The number of nitrogens with zero attached hydrogens (tertiary/aromatic N) is 1. The van der Waals surface area contributed by atoms with Crippen LogP contribution in [0.5, 0.6) is 0 Å². The van der Waals surface area contributed by atoms with Gasteiger partial charge in [-0.1, -0.05) is 24.3 Å². The maximum absolute atomic E-state index is 3.60. The first-order valence-corrected chi connectivity index (χ1v) is 7.63. The number of fused-ring (bicyclic) bond motifs is 3. The van der Waals surface area contributed by atoms with Crippen molar-refractivity contribution < 1.29 is 0 Å². The Kier molecular flexibility index (Phi) is 2.78. The van der Waals surface area contributed by atoms with Crippen LogP contribution < -0.4 is 5.32 Å². The summed E-state index contributed by atoms with van der Waals surface area (Å²) in [5.74, 6) is 0. The highest BCUT2D eigenvalue weighted by Crippen LogP contribution is 2.32. The van der Waals surface area contributed by atoms with Gasteiger partial charge in [-0.25, -0.2) is 0 Å². The Balaban J connectivity index is 1.99. The van der Waals surface area contributed by atoms with Crippen LogP contribution in [0.4, 0.5) is 0 Å². The summed E-state index contributed by atoms with van der Waals surface area (Å²) in [5, 5.41) is 6.38. The fourth-order valence-corrected chi connectivity index (χ4v) is 3.60. The van der Waals surface area contributed by atoms with Gasteiger partial charge in [-0.3, -0.25) is 0 Å². The van der Waals surface area contributed by atoms with Crippen LogP contribution in [0.1, 0.15) is 31.4 Å². The van der Waals surface area contributed by atoms with Gasteiger partial charge in [0.25, 0.3) is 0 Å². The van der Waals surface area contributed by atoms with E-state index in [9.17, 15) is 0 Å². The molecule has 1 fully saturated rings. The molecule has 2 heteroatoms. The van der Waals surface area contributed by atoms with Gasteiger partial charge in [0.1, 0.15) is 0 Å². The van der Waals surface area contributed by atoms with Crippen LogP contribution in [0.15, 0.2) is 42.5 Å². The molecule has 1 aromatic heterocycles. The summed E-state index contributed by atoms with van der Waals surface area (Å²) in [5.41, 5.74) is 4.14. The molecule has 1 aliphatic rings. The van der Waals surface area contributed by atoms with Gasteiger partial charge < -0.3 is 9.88 Å². The van der Waals surface area contributed by atoms with E-state index in [1.165, 1.54) is 40.2 Å². The van der Waals surface area contributed by atoms with Crippen LogP contribution in [-0.2, 0) is 6.54 Å². The Labute approximate surface area is 119 Å². The minimum atomic E-state index is 0.545. The van der Waals surface area contributed by atoms with Crippen molar-refractivity contribution in [2.45, 2.75) is 32.4 Å². The minimum absolute atomic E-state index is 0.545. The van der Waals surface area contributed by atoms with Crippen molar-refractivity contribution in [2.75, 3.05) is 6.54 Å². The molecular weight excluding hydrogens is 244 g/mol. The van der Waals surface area contributed by atoms with Crippen molar-refractivity contribution in [1.29, 1.82) is 0 Å². The molecule has 20 heavy (non-hydrogen) atoms. The lowest BCUT2D eigenvalue weighted by molar-refractivity contribution is 0.648. The number of benzene rings is 2. The fourth-order valence-electron chi connectivity index (χ4n) is 3.60. The molecule has 0 bridgehead atoms. The summed E-state index contributed by atoms with van der Waals surface area (Å²) < 4.78 is 2.41. The molecule has 2 nitrogen and oxygen atoms in total. The van der Waals surface area contributed by atoms with Crippen LogP contribution in [0.2, 0.25) is 0 Å². The molecular formula is C18H20N2. The first kappa shape index (κ1) is 12.0. The summed E-state index contributed by atoms with van der Waals surface area (Å²) >= 11 is 0. The average Bonchev–Trinajstić information content (AvgIpc) is 3.12. The second-order valence-corrected chi connectivity index (χ2v) is 5.69. The van der Waals surface area contributed by atoms with E-state index in [1.807, 2.05) is 0 Å². The van der Waals surface area contributed by atoms with Crippen LogP contribution >= 0.6 is 0 Å². The Morgan fingerprint density at radius 2 is 1.95 bits per heavy atom. The molecule has 0 amide bonds. The maximum atomic E-state index is 3.60. The fraction of sp³-hybridized carbons (Fsp3) is 0.333. The third-order valence-corrected chi connectivity index (χ3v) is 4.58. The quantitative estimate of drug-likeness (QED) is 0.732. The minimum Gasteiger partial charge on any atom is -0.341 e. The molecule has 1 unspecified atom stereocenters. The van der Waals surface area contributed by atoms with Gasteiger partial charge in [0, 0.05) is 34.4 Å². The smallest absolute Gasteiger partial charge is 0.0491 e. The van der Waals surface area contributed by atoms with Gasteiger partial charge in [0.05, 0.1) is 0 Å². The molecule has 0 radical (unpaired) electrons. The Morgan fingerprint density at radius 1 is 1.10 bits per heavy atom. The van der Waals surface area contributed by atoms with E-state index in [1.54, 1.807) is 0 Å². The molecule has 1 saturated heterocycles. The van der Waals surface area contributed by atoms with Crippen molar-refractivity contribution in [2.24, 2.45) is 0 Å². The monoisotopic (exact) mass is 264 g/mol. The highest BCUT2D eigenvalue weighted by atomic mass is 15.0. The van der Waals surface area contributed by atoms with E-state index in [4.69, 9.17) is 0 Å². The molecule has 1 atom stereocenters. The Bertz CT molecular complexity index is 764. The number of hydrogen-bond donors (Lipinski definition) is 1. The predicted octanol–water partition coefficient (Wildman–Crippen LogP) is 4.24. The number of nitrogens with one attached hydrogen (secondary N) is 1. The normalized spacial score (nSPS) is 19.1. The average molecular weight is 264 g/mol. The summed E-state index contributed by atoms with van der Waals surface area (Å²) in [6.45, 7) is 4.39. The predicted molar refractivity (Wildman–Crippen MR) is 85.1 cm³/mol. The molecule has 1 N–H and O–H groups in total. The molecule has 4 rings (SSSR count). The summed E-state index contributed by atoms with van der Waals surface area (Å²) in [7, 11) is 0. The highest BCUT2D eigenvalue weighted by molar-refractivity contribution is 6.08. The van der Waals surface area contributed by atoms with Gasteiger partial charge >= 0.3 is 0 Å². The number of para-hydroxylation sites is 1. The zero-order chi connectivity index (χ0) is 13.5. The van der Waals surface area contributed by atoms with Crippen LogP contribution in [-0.4, -0.2) is 11.1 Å². The zero-order valence-corrected chi connectivity index (χ0v) is 11.9. The van der Waals surface area contributed by atoms with E-state index >= 15 is 0 Å². The number of rotatable bonds is 2. The second-order valence-electron chi connectivity index (χ2n) is 5.69. The van der Waals surface area contributed by atoms with Crippen molar-refractivity contribution in [3.8, 4) is 0 Å². The van der Waals surface area contributed by atoms with Gasteiger partial charge in [-0.05, 0) is 50.1 Å². The van der Waals surface area contributed by atoms with Crippen LogP contribution in [0, 0.1) is 0 Å². The van der Waals surface area contributed by atoms with E-state index < -0.39 is 0 Å². The number of aryl methyl sites for hydroxylation is 1. The van der Waals surface area contributed by atoms with E-state index in [2.05, 4.69) is 59.3 Å². The second kappa shape index (κ2) is 4.64. The SMILES string of the molecule is CCn1c2ccccc2c2cc(C3CCCN3)ccc21. The van der Waals surface area contributed by atoms with Crippen molar-refractivity contribution in [3.05, 3.63) is 48.0 Å². The summed E-state index contributed by atoms with van der Waals surface area (Å²) in [4.78, 5) is 0. The van der Waals surface area contributed by atoms with Crippen LogP contribution in [0.25, 0.3) is 21.8 Å². The molecule has 1 aliphatic heterocycles. The summed E-state index contributed by atoms with van der Waals surface area (Å²) in [6, 6.07) is 16.3. The maximum Gasteiger partial charge on any atom is 0.0491 e. The molecule has 0 aliphatic carbocycles. The van der Waals surface area contributed by atoms with Gasteiger partial charge in [0.15, 0.2) is 0 Å². The third kappa shape index (κ3) is 1.68. The standard InChI is InChI=1S/C18H20N2/c1-2-20-17-8-4-3-6-14(17)15-12-13(9-10-18(15)20)16-7-5-11-19-16/h3-4,6,8-10,12,16,19H,2,5,7,11H2,1H3. The van der Waals surface area contributed by atoms with Crippen molar-refractivity contribution in [1.82, 2.24) is 9.88 Å². The lowest BCUT2D eigenvalue weighted by atomic mass is 10.0. The first-order chi connectivity index (χ1) is 9.88. The number of hydrogen-bond acceptors (Lipinski definition) is 1.